The third kappa shape index (κ3) is 5.60. The highest BCUT2D eigenvalue weighted by molar-refractivity contribution is 7.90. The molecule has 1 fully saturated rings. The lowest BCUT2D eigenvalue weighted by Gasteiger charge is -2.32. The molecule has 2 atom stereocenters. The Morgan fingerprint density at radius 2 is 2.00 bits per heavy atom. The average Bonchev–Trinajstić information content (AvgIpc) is 3.71. The molecule has 0 spiro atoms. The first kappa shape index (κ1) is 27.8. The average molecular weight is 584 g/mol. The maximum absolute atomic E-state index is 14.0. The number of ether oxygens (including phenoxy) is 2. The summed E-state index contributed by atoms with van der Waals surface area (Å²) in [6.07, 6.45) is 1.60. The summed E-state index contributed by atoms with van der Waals surface area (Å²) in [5.74, 6) is -1.43. The van der Waals surface area contributed by atoms with Crippen molar-refractivity contribution in [2.45, 2.75) is 36.4 Å². The first-order valence-electron chi connectivity index (χ1n) is 12.8. The van der Waals surface area contributed by atoms with Crippen LogP contribution >= 0.6 is 11.3 Å². The van der Waals surface area contributed by atoms with Crippen LogP contribution in [0.1, 0.15) is 39.7 Å². The number of fused-ring (bicyclic) bond motifs is 1. The predicted molar refractivity (Wildman–Crippen MR) is 147 cm³/mol. The SMILES string of the molecule is COc1cccc([C@H](C(=O)NC[C@H]2CCCO2)N(Cc2cccs2)C(=O)CN2C(=O)c3ccccc3S2(=O)=O)c1. The van der Waals surface area contributed by atoms with Crippen LogP contribution in [0.2, 0.25) is 0 Å². The van der Waals surface area contributed by atoms with Crippen LogP contribution in [-0.4, -0.2) is 68.3 Å². The smallest absolute Gasteiger partial charge is 0.269 e. The van der Waals surface area contributed by atoms with Gasteiger partial charge in [-0.1, -0.05) is 30.3 Å². The highest BCUT2D eigenvalue weighted by Crippen LogP contribution is 2.32. The molecule has 0 saturated carbocycles. The van der Waals surface area contributed by atoms with E-state index in [0.29, 0.717) is 22.2 Å². The first-order chi connectivity index (χ1) is 19.3. The molecular weight excluding hydrogens is 554 g/mol. The summed E-state index contributed by atoms with van der Waals surface area (Å²) >= 11 is 1.40. The van der Waals surface area contributed by atoms with Crippen LogP contribution in [0.25, 0.3) is 0 Å². The number of hydrogen-bond donors (Lipinski definition) is 1. The van der Waals surface area contributed by atoms with Gasteiger partial charge in [-0.25, -0.2) is 12.7 Å². The molecule has 1 aromatic heterocycles. The number of thiophene rings is 1. The third-order valence-corrected chi connectivity index (χ3v) is 9.56. The Morgan fingerprint density at radius 3 is 2.70 bits per heavy atom. The Bertz CT molecular complexity index is 1500. The second-order valence-corrected chi connectivity index (χ2v) is 12.3. The van der Waals surface area contributed by atoms with E-state index in [9.17, 15) is 22.8 Å². The van der Waals surface area contributed by atoms with Gasteiger partial charge in [0.2, 0.25) is 11.8 Å². The molecule has 1 N–H and O–H groups in total. The predicted octanol–water partition coefficient (Wildman–Crippen LogP) is 2.97. The summed E-state index contributed by atoms with van der Waals surface area (Å²) in [6.45, 7) is 0.180. The number of nitrogens with zero attached hydrogens (tertiary/aromatic N) is 2. The summed E-state index contributed by atoms with van der Waals surface area (Å²) in [6, 6.07) is 15.2. The Kier molecular flexibility index (Phi) is 8.19. The lowest BCUT2D eigenvalue weighted by molar-refractivity contribution is -0.141. The van der Waals surface area contributed by atoms with E-state index < -0.39 is 40.3 Å². The van der Waals surface area contributed by atoms with Crippen molar-refractivity contribution in [3.63, 3.8) is 0 Å². The van der Waals surface area contributed by atoms with Crippen molar-refractivity contribution >= 4 is 39.1 Å². The molecule has 0 aliphatic carbocycles. The Morgan fingerprint density at radius 1 is 1.18 bits per heavy atom. The molecular formula is C28H29N3O7S2. The monoisotopic (exact) mass is 583 g/mol. The third-order valence-electron chi connectivity index (χ3n) is 6.92. The number of amides is 3. The normalized spacial score (nSPS) is 18.3. The fourth-order valence-electron chi connectivity index (χ4n) is 4.90. The Balaban J connectivity index is 1.50. The zero-order valence-corrected chi connectivity index (χ0v) is 23.4. The van der Waals surface area contributed by atoms with Gasteiger partial charge in [-0.2, -0.15) is 0 Å². The molecule has 3 aromatic rings. The van der Waals surface area contributed by atoms with E-state index in [-0.39, 0.29) is 29.7 Å². The lowest BCUT2D eigenvalue weighted by atomic mass is 10.0. The molecule has 1 saturated heterocycles. The van der Waals surface area contributed by atoms with Crippen LogP contribution in [0.5, 0.6) is 5.75 Å². The van der Waals surface area contributed by atoms with Crippen LogP contribution in [0.4, 0.5) is 0 Å². The van der Waals surface area contributed by atoms with Gasteiger partial charge in [0.15, 0.2) is 0 Å². The summed E-state index contributed by atoms with van der Waals surface area (Å²) in [7, 11) is -2.73. The second kappa shape index (κ2) is 11.8. The largest absolute Gasteiger partial charge is 0.497 e. The molecule has 2 aromatic carbocycles. The molecule has 12 heteroatoms. The van der Waals surface area contributed by atoms with E-state index >= 15 is 0 Å². The Labute approximate surface area is 236 Å². The number of nitrogens with one attached hydrogen (secondary N) is 1. The highest BCUT2D eigenvalue weighted by atomic mass is 32.2. The molecule has 0 bridgehead atoms. The number of methoxy groups -OCH3 is 1. The van der Waals surface area contributed by atoms with Crippen LogP contribution in [0.3, 0.4) is 0 Å². The molecule has 2 aliphatic rings. The van der Waals surface area contributed by atoms with E-state index in [2.05, 4.69) is 5.32 Å². The Hall–Kier alpha value is -3.74. The molecule has 210 valence electrons. The number of benzene rings is 2. The van der Waals surface area contributed by atoms with E-state index in [4.69, 9.17) is 9.47 Å². The van der Waals surface area contributed by atoms with Crippen molar-refractivity contribution in [2.75, 3.05) is 26.8 Å². The van der Waals surface area contributed by atoms with Gasteiger partial charge in [-0.3, -0.25) is 14.4 Å². The van der Waals surface area contributed by atoms with Gasteiger partial charge in [-0.15, -0.1) is 11.3 Å². The summed E-state index contributed by atoms with van der Waals surface area (Å²) < 4.78 is 38.0. The molecule has 0 radical (unpaired) electrons. The van der Waals surface area contributed by atoms with Crippen molar-refractivity contribution < 1.29 is 32.3 Å². The van der Waals surface area contributed by atoms with Gasteiger partial charge < -0.3 is 19.7 Å². The van der Waals surface area contributed by atoms with Crippen molar-refractivity contribution in [3.05, 3.63) is 82.0 Å². The van der Waals surface area contributed by atoms with Gasteiger partial charge in [-0.05, 0) is 54.1 Å². The lowest BCUT2D eigenvalue weighted by Crippen LogP contribution is -2.48. The van der Waals surface area contributed by atoms with Crippen LogP contribution in [-0.2, 0) is 30.9 Å². The van der Waals surface area contributed by atoms with Crippen molar-refractivity contribution in [1.82, 2.24) is 14.5 Å². The summed E-state index contributed by atoms with van der Waals surface area (Å²) in [4.78, 5) is 42.8. The topological polar surface area (TPSA) is 122 Å². The van der Waals surface area contributed by atoms with E-state index in [1.54, 1.807) is 30.3 Å². The van der Waals surface area contributed by atoms with E-state index in [1.165, 1.54) is 41.5 Å². The zero-order valence-electron chi connectivity index (χ0n) is 21.8. The molecule has 3 heterocycles. The molecule has 2 aliphatic heterocycles. The molecule has 10 nitrogen and oxygen atoms in total. The first-order valence-corrected chi connectivity index (χ1v) is 15.1. The van der Waals surface area contributed by atoms with Gasteiger partial charge >= 0.3 is 0 Å². The van der Waals surface area contributed by atoms with Gasteiger partial charge in [0.1, 0.15) is 23.2 Å². The number of sulfonamides is 1. The van der Waals surface area contributed by atoms with Gasteiger partial charge in [0.25, 0.3) is 15.9 Å². The quantitative estimate of drug-likeness (QED) is 0.389. The van der Waals surface area contributed by atoms with Gasteiger partial charge in [0, 0.05) is 18.0 Å². The van der Waals surface area contributed by atoms with Crippen LogP contribution in [0, 0.1) is 0 Å². The fourth-order valence-corrected chi connectivity index (χ4v) is 7.12. The maximum Gasteiger partial charge on any atom is 0.269 e. The van der Waals surface area contributed by atoms with Crippen molar-refractivity contribution in [1.29, 1.82) is 0 Å². The molecule has 40 heavy (non-hydrogen) atoms. The number of carbonyl (C=O) groups is 3. The standard InChI is InChI=1S/C28H29N3O7S2/c1-37-20-8-4-7-19(15-20)26(27(33)29-16-21-9-5-13-38-21)30(17-22-10-6-14-39-22)25(32)18-31-28(34)23-11-2-3-12-24(23)40(31,35)36/h2-4,6-8,10-12,14-15,21,26H,5,9,13,16-18H2,1H3,(H,29,33)/t21-,26-/m1/s1. The second-order valence-electron chi connectivity index (χ2n) is 9.47. The summed E-state index contributed by atoms with van der Waals surface area (Å²) in [5, 5.41) is 4.76. The summed E-state index contributed by atoms with van der Waals surface area (Å²) in [5.41, 5.74) is 0.492. The molecule has 5 rings (SSSR count). The van der Waals surface area contributed by atoms with Crippen molar-refractivity contribution in [2.24, 2.45) is 0 Å². The number of carbonyl (C=O) groups excluding carboxylic acids is 3. The fraction of sp³-hybridized carbons (Fsp3) is 0.321. The maximum atomic E-state index is 14.0. The number of rotatable bonds is 10. The van der Waals surface area contributed by atoms with Gasteiger partial charge in [0.05, 0.1) is 25.3 Å². The molecule has 3 amide bonds. The van der Waals surface area contributed by atoms with Crippen molar-refractivity contribution in [3.8, 4) is 5.75 Å². The minimum absolute atomic E-state index is 0.0127. The van der Waals surface area contributed by atoms with Crippen LogP contribution < -0.4 is 10.1 Å². The van der Waals surface area contributed by atoms with E-state index in [0.717, 1.165) is 17.7 Å². The van der Waals surface area contributed by atoms with Crippen LogP contribution in [0.15, 0.2) is 70.9 Å². The highest BCUT2D eigenvalue weighted by Gasteiger charge is 2.43. The number of hydrogen-bond acceptors (Lipinski definition) is 8. The molecule has 0 unspecified atom stereocenters. The minimum atomic E-state index is -4.23. The zero-order chi connectivity index (χ0) is 28.3. The van der Waals surface area contributed by atoms with E-state index in [1.807, 2.05) is 17.5 Å². The minimum Gasteiger partial charge on any atom is -0.497 e.